The van der Waals surface area contributed by atoms with Crippen molar-refractivity contribution in [1.29, 1.82) is 0 Å². The normalized spacial score (nSPS) is 10.7. The van der Waals surface area contributed by atoms with Crippen LogP contribution in [0.3, 0.4) is 0 Å². The largest absolute Gasteiger partial charge is 0.444 e. The molecule has 3 heteroatoms. The van der Waals surface area contributed by atoms with Crippen LogP contribution in [0.15, 0.2) is 65.3 Å². The molecule has 1 heterocycles. The van der Waals surface area contributed by atoms with E-state index in [2.05, 4.69) is 29.2 Å². The van der Waals surface area contributed by atoms with E-state index in [1.807, 2.05) is 30.3 Å². The van der Waals surface area contributed by atoms with Crippen LogP contribution in [0.4, 0.5) is 0 Å². The summed E-state index contributed by atoms with van der Waals surface area (Å²) in [6.45, 7) is 0.582. The van der Waals surface area contributed by atoms with Crippen LogP contribution in [-0.2, 0) is 6.42 Å². The van der Waals surface area contributed by atoms with Crippen molar-refractivity contribution >= 4 is 0 Å². The molecule has 3 rings (SSSR count). The van der Waals surface area contributed by atoms with Gasteiger partial charge in [-0.05, 0) is 29.8 Å². The highest BCUT2D eigenvalue weighted by molar-refractivity contribution is 5.67. The Morgan fingerprint density at radius 1 is 0.850 bits per heavy atom. The van der Waals surface area contributed by atoms with Crippen molar-refractivity contribution in [2.24, 2.45) is 5.73 Å². The fourth-order valence-electron chi connectivity index (χ4n) is 2.14. The van der Waals surface area contributed by atoms with Crippen molar-refractivity contribution in [2.75, 3.05) is 6.54 Å². The van der Waals surface area contributed by atoms with E-state index in [1.165, 1.54) is 11.1 Å². The van der Waals surface area contributed by atoms with Crippen LogP contribution in [0.5, 0.6) is 0 Å². The topological polar surface area (TPSA) is 52.0 Å². The molecule has 0 aliphatic carbocycles. The third kappa shape index (κ3) is 2.63. The van der Waals surface area contributed by atoms with Crippen molar-refractivity contribution in [2.45, 2.75) is 6.42 Å². The highest BCUT2D eigenvalue weighted by Crippen LogP contribution is 2.24. The van der Waals surface area contributed by atoms with Gasteiger partial charge in [0.15, 0.2) is 0 Å². The van der Waals surface area contributed by atoms with Gasteiger partial charge in [-0.3, -0.25) is 0 Å². The first-order chi connectivity index (χ1) is 9.86. The predicted octanol–water partition coefficient (Wildman–Crippen LogP) is 3.51. The number of benzene rings is 2. The van der Waals surface area contributed by atoms with Crippen molar-refractivity contribution < 1.29 is 4.42 Å². The van der Waals surface area contributed by atoms with Crippen LogP contribution in [-0.4, -0.2) is 11.5 Å². The van der Waals surface area contributed by atoms with E-state index in [4.69, 9.17) is 10.2 Å². The van der Waals surface area contributed by atoms with Crippen LogP contribution < -0.4 is 5.73 Å². The van der Waals surface area contributed by atoms with E-state index in [-0.39, 0.29) is 0 Å². The zero-order valence-electron chi connectivity index (χ0n) is 11.1. The number of nitrogens with zero attached hydrogens (tertiary/aromatic N) is 1. The molecule has 0 unspecified atom stereocenters. The number of oxazole rings is 1. The molecule has 0 radical (unpaired) electrons. The molecule has 0 atom stereocenters. The molecule has 100 valence electrons. The summed E-state index contributed by atoms with van der Waals surface area (Å²) in [5.41, 5.74) is 9.78. The maximum atomic E-state index is 5.51. The molecule has 0 aliphatic rings. The second kappa shape index (κ2) is 5.72. The summed E-state index contributed by atoms with van der Waals surface area (Å²) >= 11 is 0. The Hall–Kier alpha value is -2.39. The van der Waals surface area contributed by atoms with Crippen molar-refractivity contribution in [1.82, 2.24) is 4.98 Å². The Labute approximate surface area is 118 Å². The average Bonchev–Trinajstić information content (AvgIpc) is 2.97. The molecule has 3 nitrogen and oxygen atoms in total. The zero-order valence-corrected chi connectivity index (χ0v) is 11.1. The number of rotatable bonds is 4. The molecule has 3 aromatic rings. The molecule has 0 bridgehead atoms. The van der Waals surface area contributed by atoms with E-state index in [9.17, 15) is 0 Å². The smallest absolute Gasteiger partial charge is 0.226 e. The quantitative estimate of drug-likeness (QED) is 0.784. The lowest BCUT2D eigenvalue weighted by Crippen LogP contribution is -2.02. The number of nitrogens with two attached hydrogens (primary N) is 1. The highest BCUT2D eigenvalue weighted by Gasteiger charge is 2.06. The molecule has 0 aliphatic heterocycles. The lowest BCUT2D eigenvalue weighted by Gasteiger charge is -2.02. The maximum absolute atomic E-state index is 5.51. The van der Waals surface area contributed by atoms with Gasteiger partial charge in [0.25, 0.3) is 0 Å². The molecular weight excluding hydrogens is 248 g/mol. The second-order valence-electron chi connectivity index (χ2n) is 4.63. The summed E-state index contributed by atoms with van der Waals surface area (Å²) < 4.78 is 5.48. The standard InChI is InChI=1S/C17H16N2O/c18-11-10-16-12-20-17(19-16)15-8-6-14(7-9-15)13-4-2-1-3-5-13/h1-9,12H,10-11,18H2. The van der Waals surface area contributed by atoms with Gasteiger partial charge in [-0.2, -0.15) is 0 Å². The summed E-state index contributed by atoms with van der Waals surface area (Å²) in [7, 11) is 0. The molecule has 0 spiro atoms. The first kappa shape index (κ1) is 12.6. The lowest BCUT2D eigenvalue weighted by molar-refractivity contribution is 0.572. The fraction of sp³-hybridized carbons (Fsp3) is 0.118. The van der Waals surface area contributed by atoms with Gasteiger partial charge in [0.1, 0.15) is 6.26 Å². The molecule has 0 saturated heterocycles. The van der Waals surface area contributed by atoms with Crippen LogP contribution in [0.25, 0.3) is 22.6 Å². The van der Waals surface area contributed by atoms with Crippen LogP contribution in [0, 0.1) is 0 Å². The summed E-state index contributed by atoms with van der Waals surface area (Å²) in [6, 6.07) is 18.5. The molecule has 0 amide bonds. The minimum atomic E-state index is 0.582. The minimum Gasteiger partial charge on any atom is -0.444 e. The number of hydrogen-bond acceptors (Lipinski definition) is 3. The van der Waals surface area contributed by atoms with Gasteiger partial charge in [0.2, 0.25) is 5.89 Å². The zero-order chi connectivity index (χ0) is 13.8. The van der Waals surface area contributed by atoms with Crippen molar-refractivity contribution in [3.05, 3.63) is 66.6 Å². The Kier molecular flexibility index (Phi) is 3.61. The van der Waals surface area contributed by atoms with E-state index in [0.29, 0.717) is 12.4 Å². The molecule has 20 heavy (non-hydrogen) atoms. The van der Waals surface area contributed by atoms with E-state index in [0.717, 1.165) is 17.7 Å². The third-order valence-electron chi connectivity index (χ3n) is 3.19. The first-order valence-corrected chi connectivity index (χ1v) is 6.67. The van der Waals surface area contributed by atoms with E-state index >= 15 is 0 Å². The van der Waals surface area contributed by atoms with Gasteiger partial charge in [0.05, 0.1) is 5.69 Å². The Morgan fingerprint density at radius 2 is 1.50 bits per heavy atom. The van der Waals surface area contributed by atoms with E-state index in [1.54, 1.807) is 6.26 Å². The first-order valence-electron chi connectivity index (χ1n) is 6.67. The summed E-state index contributed by atoms with van der Waals surface area (Å²) in [4.78, 5) is 4.43. The predicted molar refractivity (Wildman–Crippen MR) is 80.1 cm³/mol. The van der Waals surface area contributed by atoms with Crippen LogP contribution in [0.1, 0.15) is 5.69 Å². The highest BCUT2D eigenvalue weighted by atomic mass is 16.3. The van der Waals surface area contributed by atoms with Gasteiger partial charge in [-0.25, -0.2) is 4.98 Å². The Balaban J connectivity index is 1.85. The van der Waals surface area contributed by atoms with Gasteiger partial charge >= 0.3 is 0 Å². The van der Waals surface area contributed by atoms with E-state index < -0.39 is 0 Å². The summed E-state index contributed by atoms with van der Waals surface area (Å²) in [6.07, 6.45) is 2.42. The molecule has 1 aromatic heterocycles. The fourth-order valence-corrected chi connectivity index (χ4v) is 2.14. The second-order valence-corrected chi connectivity index (χ2v) is 4.63. The van der Waals surface area contributed by atoms with Crippen LogP contribution >= 0.6 is 0 Å². The van der Waals surface area contributed by atoms with Crippen molar-refractivity contribution in [3.63, 3.8) is 0 Å². The molecule has 0 fully saturated rings. The lowest BCUT2D eigenvalue weighted by atomic mass is 10.0. The van der Waals surface area contributed by atoms with Crippen molar-refractivity contribution in [3.8, 4) is 22.6 Å². The molecule has 2 aromatic carbocycles. The Bertz CT molecular complexity index is 672. The SMILES string of the molecule is NCCc1coc(-c2ccc(-c3ccccc3)cc2)n1. The average molecular weight is 264 g/mol. The Morgan fingerprint density at radius 3 is 2.20 bits per heavy atom. The van der Waals surface area contributed by atoms with Gasteiger partial charge in [-0.15, -0.1) is 0 Å². The summed E-state index contributed by atoms with van der Waals surface area (Å²) in [5.74, 6) is 0.646. The maximum Gasteiger partial charge on any atom is 0.226 e. The summed E-state index contributed by atoms with van der Waals surface area (Å²) in [5, 5.41) is 0. The number of hydrogen-bond donors (Lipinski definition) is 1. The number of aromatic nitrogens is 1. The van der Waals surface area contributed by atoms with Gasteiger partial charge in [0, 0.05) is 12.0 Å². The minimum absolute atomic E-state index is 0.582. The van der Waals surface area contributed by atoms with Crippen LogP contribution in [0.2, 0.25) is 0 Å². The molecule has 2 N–H and O–H groups in total. The van der Waals surface area contributed by atoms with Gasteiger partial charge < -0.3 is 10.2 Å². The monoisotopic (exact) mass is 264 g/mol. The van der Waals surface area contributed by atoms with Gasteiger partial charge in [-0.1, -0.05) is 42.5 Å². The molecule has 0 saturated carbocycles. The molecular formula is C17H16N2O. The third-order valence-corrected chi connectivity index (χ3v) is 3.19.